The number of ether oxygens (including phenoxy) is 2. The van der Waals surface area contributed by atoms with E-state index >= 15 is 0 Å². The second kappa shape index (κ2) is 9.03. The maximum atomic E-state index is 12.5. The van der Waals surface area contributed by atoms with Crippen molar-refractivity contribution in [2.75, 3.05) is 19.1 Å². The lowest BCUT2D eigenvalue weighted by Gasteiger charge is -2.25. The van der Waals surface area contributed by atoms with Crippen LogP contribution in [0.1, 0.15) is 29.8 Å². The Morgan fingerprint density at radius 2 is 1.71 bits per heavy atom. The molecule has 1 aliphatic rings. The summed E-state index contributed by atoms with van der Waals surface area (Å²) in [7, 11) is 2.48. The number of amides is 1. The van der Waals surface area contributed by atoms with Crippen molar-refractivity contribution in [2.24, 2.45) is 0 Å². The summed E-state index contributed by atoms with van der Waals surface area (Å²) >= 11 is 0. The van der Waals surface area contributed by atoms with Gasteiger partial charge in [0.25, 0.3) is 5.91 Å². The zero-order chi connectivity index (χ0) is 20.8. The molecule has 1 amide bonds. The van der Waals surface area contributed by atoms with Crippen LogP contribution in [-0.2, 0) is 19.1 Å². The van der Waals surface area contributed by atoms with Crippen LogP contribution in [0.5, 0.6) is 0 Å². The summed E-state index contributed by atoms with van der Waals surface area (Å²) in [5.41, 5.74) is 1.86. The van der Waals surface area contributed by atoms with Crippen molar-refractivity contribution in [3.63, 3.8) is 0 Å². The van der Waals surface area contributed by atoms with Gasteiger partial charge in [0.05, 0.1) is 19.8 Å². The smallest absolute Gasteiger partial charge is 0.355 e. The molecule has 2 rings (SSSR count). The van der Waals surface area contributed by atoms with Gasteiger partial charge in [-0.15, -0.1) is 0 Å². The molecule has 7 heteroatoms. The highest BCUT2D eigenvalue weighted by Crippen LogP contribution is 2.30. The zero-order valence-corrected chi connectivity index (χ0v) is 16.6. The quantitative estimate of drug-likeness (QED) is 0.786. The van der Waals surface area contributed by atoms with Gasteiger partial charge in [-0.25, -0.2) is 9.59 Å². The molecule has 1 heterocycles. The molecule has 7 nitrogen and oxygen atoms in total. The van der Waals surface area contributed by atoms with E-state index in [2.05, 4.69) is 5.32 Å². The maximum absolute atomic E-state index is 12.5. The fourth-order valence-electron chi connectivity index (χ4n) is 2.71. The van der Waals surface area contributed by atoms with Crippen molar-refractivity contribution in [1.82, 2.24) is 5.32 Å². The molecule has 0 atom stereocenters. The fourth-order valence-corrected chi connectivity index (χ4v) is 2.71. The molecule has 0 unspecified atom stereocenters. The molecule has 0 radical (unpaired) electrons. The van der Waals surface area contributed by atoms with Crippen LogP contribution in [-0.4, -0.2) is 38.1 Å². The summed E-state index contributed by atoms with van der Waals surface area (Å²) < 4.78 is 9.71. The molecule has 1 N–H and O–H groups in total. The molecule has 28 heavy (non-hydrogen) atoms. The van der Waals surface area contributed by atoms with Crippen LogP contribution in [0.3, 0.4) is 0 Å². The third kappa shape index (κ3) is 4.49. The topological polar surface area (TPSA) is 84.9 Å². The summed E-state index contributed by atoms with van der Waals surface area (Å²) in [6.07, 6.45) is 6.42. The highest BCUT2D eigenvalue weighted by molar-refractivity contribution is 6.06. The van der Waals surface area contributed by atoms with Gasteiger partial charge in [0.1, 0.15) is 5.70 Å². The highest BCUT2D eigenvalue weighted by atomic mass is 16.5. The van der Waals surface area contributed by atoms with Crippen molar-refractivity contribution >= 4 is 23.5 Å². The second-order valence-electron chi connectivity index (χ2n) is 6.45. The number of carbonyl (C=O) groups excluding carboxylic acids is 3. The first-order chi connectivity index (χ1) is 13.3. The van der Waals surface area contributed by atoms with Crippen molar-refractivity contribution in [3.05, 3.63) is 65.0 Å². The van der Waals surface area contributed by atoms with Gasteiger partial charge in [0, 0.05) is 23.5 Å². The molecule has 1 aromatic rings. The second-order valence-corrected chi connectivity index (χ2v) is 6.45. The summed E-state index contributed by atoms with van der Waals surface area (Å²) in [4.78, 5) is 38.7. The Morgan fingerprint density at radius 1 is 1.04 bits per heavy atom. The van der Waals surface area contributed by atoms with Crippen LogP contribution >= 0.6 is 0 Å². The average Bonchev–Trinajstić information content (AvgIpc) is 2.89. The minimum Gasteiger partial charge on any atom is -0.465 e. The third-order valence-electron chi connectivity index (χ3n) is 4.04. The maximum Gasteiger partial charge on any atom is 0.355 e. The lowest BCUT2D eigenvalue weighted by atomic mass is 10.1. The van der Waals surface area contributed by atoms with Crippen molar-refractivity contribution < 1.29 is 23.9 Å². The first kappa shape index (κ1) is 21.0. The van der Waals surface area contributed by atoms with Crippen molar-refractivity contribution in [1.29, 1.82) is 0 Å². The number of hydrogen-bond acceptors (Lipinski definition) is 6. The Morgan fingerprint density at radius 3 is 2.32 bits per heavy atom. The number of nitrogens with one attached hydrogen (secondary N) is 1. The molecule has 0 aliphatic carbocycles. The van der Waals surface area contributed by atoms with Gasteiger partial charge < -0.3 is 19.7 Å². The number of methoxy groups -OCH3 is 2. The summed E-state index contributed by atoms with van der Waals surface area (Å²) in [5.74, 6) is -1.60. The summed E-state index contributed by atoms with van der Waals surface area (Å²) in [6.45, 7) is 5.59. The largest absolute Gasteiger partial charge is 0.465 e. The van der Waals surface area contributed by atoms with E-state index in [1.54, 1.807) is 36.6 Å². The molecule has 0 saturated carbocycles. The Bertz CT molecular complexity index is 881. The monoisotopic (exact) mass is 384 g/mol. The van der Waals surface area contributed by atoms with Crippen LogP contribution in [0.4, 0.5) is 5.69 Å². The first-order valence-corrected chi connectivity index (χ1v) is 8.76. The number of carbonyl (C=O) groups is 3. The van der Waals surface area contributed by atoms with E-state index in [-0.39, 0.29) is 23.2 Å². The lowest BCUT2D eigenvalue weighted by molar-refractivity contribution is -0.139. The Hall–Kier alpha value is -3.35. The average molecular weight is 384 g/mol. The number of allylic oxidation sites excluding steroid dienone is 2. The standard InChI is InChI=1S/C21H24N2O5/c1-13(2)22-19(24)15-10-9-14(3)17(12-15)23-11-7-6-8-16(20(25)27-4)18(23)21(26)28-5/h6-13H,1-5H3,(H,22,24). The molecule has 0 saturated heterocycles. The summed E-state index contributed by atoms with van der Waals surface area (Å²) in [5, 5.41) is 2.84. The minimum absolute atomic E-state index is 0.00358. The van der Waals surface area contributed by atoms with Gasteiger partial charge in [-0.2, -0.15) is 0 Å². The Balaban J connectivity index is 2.64. The van der Waals surface area contributed by atoms with E-state index in [9.17, 15) is 14.4 Å². The molecule has 0 aromatic heterocycles. The number of rotatable bonds is 5. The minimum atomic E-state index is -0.701. The van der Waals surface area contributed by atoms with Gasteiger partial charge in [0.2, 0.25) is 0 Å². The van der Waals surface area contributed by atoms with Gasteiger partial charge in [-0.05, 0) is 50.6 Å². The van der Waals surface area contributed by atoms with Gasteiger partial charge >= 0.3 is 11.9 Å². The number of anilines is 1. The molecular formula is C21H24N2O5. The van der Waals surface area contributed by atoms with Crippen LogP contribution in [0.2, 0.25) is 0 Å². The van der Waals surface area contributed by atoms with Crippen LogP contribution in [0, 0.1) is 6.92 Å². The SMILES string of the molecule is COC(=O)C1=C(C(=O)OC)N(c2cc(C(=O)NC(C)C)ccc2C)C=CC=C1. The van der Waals surface area contributed by atoms with Gasteiger partial charge in [-0.1, -0.05) is 12.1 Å². The van der Waals surface area contributed by atoms with Crippen LogP contribution < -0.4 is 10.2 Å². The summed E-state index contributed by atoms with van der Waals surface area (Å²) in [6, 6.07) is 5.14. The molecule has 0 spiro atoms. The molecule has 1 aromatic carbocycles. The van der Waals surface area contributed by atoms with E-state index in [1.165, 1.54) is 25.2 Å². The Kier molecular flexibility index (Phi) is 6.76. The molecule has 0 bridgehead atoms. The van der Waals surface area contributed by atoms with Gasteiger partial charge in [-0.3, -0.25) is 4.79 Å². The first-order valence-electron chi connectivity index (χ1n) is 8.76. The lowest BCUT2D eigenvalue weighted by Crippen LogP contribution is -2.31. The number of nitrogens with zero attached hydrogens (tertiary/aromatic N) is 1. The fraction of sp³-hybridized carbons (Fsp3) is 0.286. The van der Waals surface area contributed by atoms with E-state index in [0.717, 1.165) is 5.56 Å². The van der Waals surface area contributed by atoms with Crippen molar-refractivity contribution in [2.45, 2.75) is 26.8 Å². The van der Waals surface area contributed by atoms with Gasteiger partial charge in [0.15, 0.2) is 0 Å². The molecule has 1 aliphatic heterocycles. The Labute approximate surface area is 164 Å². The highest BCUT2D eigenvalue weighted by Gasteiger charge is 2.28. The number of benzene rings is 1. The third-order valence-corrected chi connectivity index (χ3v) is 4.04. The molecule has 0 fully saturated rings. The number of esters is 2. The zero-order valence-electron chi connectivity index (χ0n) is 16.6. The van der Waals surface area contributed by atoms with E-state index in [4.69, 9.17) is 9.47 Å². The number of aryl methyl sites for hydroxylation is 1. The van der Waals surface area contributed by atoms with Crippen LogP contribution in [0.15, 0.2) is 53.9 Å². The van der Waals surface area contributed by atoms with Crippen LogP contribution in [0.25, 0.3) is 0 Å². The van der Waals surface area contributed by atoms with Crippen molar-refractivity contribution in [3.8, 4) is 0 Å². The number of hydrogen-bond donors (Lipinski definition) is 1. The molecular weight excluding hydrogens is 360 g/mol. The molecule has 148 valence electrons. The predicted octanol–water partition coefficient (Wildman–Crippen LogP) is 2.62. The van der Waals surface area contributed by atoms with E-state index in [0.29, 0.717) is 11.3 Å². The predicted molar refractivity (Wildman–Crippen MR) is 106 cm³/mol. The van der Waals surface area contributed by atoms with E-state index in [1.807, 2.05) is 20.8 Å². The normalized spacial score (nSPS) is 13.4. The van der Waals surface area contributed by atoms with E-state index < -0.39 is 11.9 Å².